The van der Waals surface area contributed by atoms with Crippen molar-refractivity contribution in [3.63, 3.8) is 0 Å². The minimum atomic E-state index is 0.0814. The van der Waals surface area contributed by atoms with Gasteiger partial charge in [0.05, 0.1) is 12.1 Å². The maximum absolute atomic E-state index is 8.98. The van der Waals surface area contributed by atoms with Crippen molar-refractivity contribution in [3.05, 3.63) is 22.2 Å². The Hall–Kier alpha value is -0.930. The first-order chi connectivity index (χ1) is 7.67. The molecule has 16 heavy (non-hydrogen) atoms. The summed E-state index contributed by atoms with van der Waals surface area (Å²) in [5.74, 6) is 1.45. The van der Waals surface area contributed by atoms with Crippen LogP contribution in [0.3, 0.4) is 0 Å². The number of aliphatic hydroxyl groups excluding tert-OH is 1. The summed E-state index contributed by atoms with van der Waals surface area (Å²) in [6.45, 7) is 2.08. The second kappa shape index (κ2) is 4.52. The highest BCUT2D eigenvalue weighted by Crippen LogP contribution is 2.43. The second-order valence-corrected chi connectivity index (χ2v) is 4.34. The van der Waals surface area contributed by atoms with Gasteiger partial charge in [-0.15, -0.1) is 0 Å². The number of methoxy groups -OCH3 is 1. The summed E-state index contributed by atoms with van der Waals surface area (Å²) in [4.78, 5) is 0. The fourth-order valence-corrected chi connectivity index (χ4v) is 2.34. The molecule has 1 aromatic rings. The maximum Gasteiger partial charge on any atom is 0.166 e. The molecule has 1 aliphatic heterocycles. The van der Waals surface area contributed by atoms with E-state index in [1.54, 1.807) is 7.11 Å². The third-order valence-corrected chi connectivity index (χ3v) is 3.23. The molecule has 2 rings (SSSR count). The van der Waals surface area contributed by atoms with Gasteiger partial charge in [0.15, 0.2) is 11.5 Å². The molecule has 1 aromatic carbocycles. The highest BCUT2D eigenvalue weighted by Gasteiger charge is 2.27. The zero-order valence-corrected chi connectivity index (χ0v) is 10.2. The van der Waals surface area contributed by atoms with Crippen molar-refractivity contribution < 1.29 is 14.6 Å². The van der Waals surface area contributed by atoms with Crippen LogP contribution in [0.15, 0.2) is 6.07 Å². The van der Waals surface area contributed by atoms with Crippen LogP contribution in [0.2, 0.25) is 5.02 Å². The molecule has 1 N–H and O–H groups in total. The Labute approximate surface area is 99.9 Å². The molecule has 0 spiro atoms. The van der Waals surface area contributed by atoms with Crippen LogP contribution in [0, 0.1) is 0 Å². The van der Waals surface area contributed by atoms with Gasteiger partial charge in [0.2, 0.25) is 0 Å². The summed E-state index contributed by atoms with van der Waals surface area (Å²) in [5.41, 5.74) is 1.91. The van der Waals surface area contributed by atoms with Crippen molar-refractivity contribution in [3.8, 4) is 11.5 Å². The third-order valence-electron chi connectivity index (χ3n) is 2.76. The Morgan fingerprint density at radius 2 is 2.38 bits per heavy atom. The number of hydrogen-bond donors (Lipinski definition) is 1. The van der Waals surface area contributed by atoms with Crippen molar-refractivity contribution in [2.24, 2.45) is 0 Å². The number of halogens is 1. The lowest BCUT2D eigenvalue weighted by molar-refractivity contribution is 0.243. The van der Waals surface area contributed by atoms with Gasteiger partial charge in [-0.3, -0.25) is 0 Å². The number of ether oxygens (including phenoxy) is 2. The first-order valence-corrected chi connectivity index (χ1v) is 5.71. The zero-order valence-electron chi connectivity index (χ0n) is 9.42. The second-order valence-electron chi connectivity index (χ2n) is 3.97. The Kier molecular flexibility index (Phi) is 3.26. The highest BCUT2D eigenvalue weighted by atomic mass is 35.5. The van der Waals surface area contributed by atoms with Crippen molar-refractivity contribution >= 4 is 11.6 Å². The van der Waals surface area contributed by atoms with E-state index in [9.17, 15) is 0 Å². The average molecular weight is 243 g/mol. The average Bonchev–Trinajstić information content (AvgIpc) is 2.65. The molecule has 1 unspecified atom stereocenters. The van der Waals surface area contributed by atoms with E-state index in [0.29, 0.717) is 17.2 Å². The lowest BCUT2D eigenvalue weighted by Crippen LogP contribution is -2.05. The van der Waals surface area contributed by atoms with Crippen LogP contribution in [-0.2, 0) is 12.8 Å². The normalized spacial score (nSPS) is 18.1. The Balaban J connectivity index is 2.50. The van der Waals surface area contributed by atoms with Gasteiger partial charge in [0.25, 0.3) is 0 Å². The monoisotopic (exact) mass is 242 g/mol. The van der Waals surface area contributed by atoms with Gasteiger partial charge in [-0.1, -0.05) is 11.6 Å². The lowest BCUT2D eigenvalue weighted by atomic mass is 10.0. The van der Waals surface area contributed by atoms with Crippen LogP contribution in [0.5, 0.6) is 11.5 Å². The van der Waals surface area contributed by atoms with E-state index < -0.39 is 0 Å². The summed E-state index contributed by atoms with van der Waals surface area (Å²) < 4.78 is 11.0. The van der Waals surface area contributed by atoms with Gasteiger partial charge in [-0.2, -0.15) is 0 Å². The van der Waals surface area contributed by atoms with E-state index >= 15 is 0 Å². The highest BCUT2D eigenvalue weighted by molar-refractivity contribution is 6.32. The Morgan fingerprint density at radius 3 is 3.00 bits per heavy atom. The lowest BCUT2D eigenvalue weighted by Gasteiger charge is -2.12. The molecule has 88 valence electrons. The van der Waals surface area contributed by atoms with Gasteiger partial charge < -0.3 is 14.6 Å². The van der Waals surface area contributed by atoms with Gasteiger partial charge in [-0.05, 0) is 25.0 Å². The number of benzene rings is 1. The molecule has 0 bridgehead atoms. The Morgan fingerprint density at radius 1 is 1.62 bits per heavy atom. The molecule has 4 heteroatoms. The van der Waals surface area contributed by atoms with E-state index in [4.69, 9.17) is 26.2 Å². The maximum atomic E-state index is 8.98. The molecule has 0 saturated heterocycles. The molecule has 1 aliphatic rings. The number of aliphatic hydroxyl groups is 1. The topological polar surface area (TPSA) is 38.7 Å². The minimum Gasteiger partial charge on any atom is -0.493 e. The molecule has 3 nitrogen and oxygen atoms in total. The standard InChI is InChI=1S/C12H15ClO3/c1-7-5-9-11(13)8(3-4-14)6-10(15-2)12(9)16-7/h6-7,14H,3-5H2,1-2H3. The first-order valence-electron chi connectivity index (χ1n) is 5.33. The molecular formula is C12H15ClO3. The SMILES string of the molecule is COc1cc(CCO)c(Cl)c2c1OC(C)C2. The quantitative estimate of drug-likeness (QED) is 0.883. The molecule has 0 fully saturated rings. The van der Waals surface area contributed by atoms with Crippen molar-refractivity contribution in [1.82, 2.24) is 0 Å². The number of hydrogen-bond acceptors (Lipinski definition) is 3. The van der Waals surface area contributed by atoms with E-state index in [-0.39, 0.29) is 12.7 Å². The summed E-state index contributed by atoms with van der Waals surface area (Å²) in [6.07, 6.45) is 1.46. The fourth-order valence-electron chi connectivity index (χ4n) is 2.03. The van der Waals surface area contributed by atoms with Crippen LogP contribution >= 0.6 is 11.6 Å². The number of rotatable bonds is 3. The number of fused-ring (bicyclic) bond motifs is 1. The smallest absolute Gasteiger partial charge is 0.166 e. The predicted molar refractivity (Wildman–Crippen MR) is 62.6 cm³/mol. The van der Waals surface area contributed by atoms with Gasteiger partial charge in [0, 0.05) is 18.6 Å². The summed E-state index contributed by atoms with van der Waals surface area (Å²) in [6, 6.07) is 1.84. The first kappa shape index (κ1) is 11.6. The predicted octanol–water partition coefficient (Wildman–Crippen LogP) is 2.21. The molecule has 0 radical (unpaired) electrons. The van der Waals surface area contributed by atoms with E-state index in [0.717, 1.165) is 23.3 Å². The van der Waals surface area contributed by atoms with E-state index in [1.807, 2.05) is 13.0 Å². The van der Waals surface area contributed by atoms with Crippen molar-refractivity contribution in [2.75, 3.05) is 13.7 Å². The van der Waals surface area contributed by atoms with Gasteiger partial charge in [-0.25, -0.2) is 0 Å². The van der Waals surface area contributed by atoms with Crippen molar-refractivity contribution in [2.45, 2.75) is 25.9 Å². The van der Waals surface area contributed by atoms with E-state index in [1.165, 1.54) is 0 Å². The molecular weight excluding hydrogens is 228 g/mol. The van der Waals surface area contributed by atoms with Gasteiger partial charge in [0.1, 0.15) is 6.10 Å². The molecule has 0 aliphatic carbocycles. The summed E-state index contributed by atoms with van der Waals surface area (Å²) >= 11 is 6.28. The molecule has 0 aromatic heterocycles. The van der Waals surface area contributed by atoms with Crippen LogP contribution < -0.4 is 9.47 Å². The van der Waals surface area contributed by atoms with Crippen LogP contribution in [0.1, 0.15) is 18.1 Å². The molecule has 0 saturated carbocycles. The van der Waals surface area contributed by atoms with Crippen LogP contribution in [0.25, 0.3) is 0 Å². The van der Waals surface area contributed by atoms with Gasteiger partial charge >= 0.3 is 0 Å². The fraction of sp³-hybridized carbons (Fsp3) is 0.500. The molecule has 1 atom stereocenters. The van der Waals surface area contributed by atoms with Crippen molar-refractivity contribution in [1.29, 1.82) is 0 Å². The van der Waals surface area contributed by atoms with E-state index in [2.05, 4.69) is 0 Å². The summed E-state index contributed by atoms with van der Waals surface area (Å²) in [7, 11) is 1.61. The molecule has 1 heterocycles. The third kappa shape index (κ3) is 1.85. The zero-order chi connectivity index (χ0) is 11.7. The largest absolute Gasteiger partial charge is 0.493 e. The summed E-state index contributed by atoms with van der Waals surface area (Å²) in [5, 5.41) is 9.68. The van der Waals surface area contributed by atoms with Crippen LogP contribution in [0.4, 0.5) is 0 Å². The van der Waals surface area contributed by atoms with Crippen LogP contribution in [-0.4, -0.2) is 24.9 Å². The Bertz CT molecular complexity index is 404. The molecule has 0 amide bonds. The minimum absolute atomic E-state index is 0.0814.